The molecule has 0 aliphatic rings. The largest absolute Gasteiger partial charge is 0.457 e. The number of esters is 1. The molecule has 0 unspecified atom stereocenters. The molecular formula is C20H18N2O3S. The predicted octanol–water partition coefficient (Wildman–Crippen LogP) is 1.83. The topological polar surface area (TPSA) is 72.1 Å². The van der Waals surface area contributed by atoms with E-state index in [2.05, 4.69) is 6.58 Å². The van der Waals surface area contributed by atoms with E-state index in [0.29, 0.717) is 15.7 Å². The summed E-state index contributed by atoms with van der Waals surface area (Å²) in [6, 6.07) is 11.5. The first-order chi connectivity index (χ1) is 12.6. The van der Waals surface area contributed by atoms with Gasteiger partial charge in [0, 0.05) is 6.54 Å². The number of aromatic nitrogens is 1. The number of benzene rings is 1. The van der Waals surface area contributed by atoms with Gasteiger partial charge in [0.2, 0.25) is 0 Å². The third-order valence-electron chi connectivity index (χ3n) is 3.42. The summed E-state index contributed by atoms with van der Waals surface area (Å²) in [5, 5.41) is 9.35. The normalized spacial score (nSPS) is 12.7. The highest BCUT2D eigenvalue weighted by atomic mass is 32.1. The lowest BCUT2D eigenvalue weighted by Gasteiger charge is -2.00. The second-order valence-electron chi connectivity index (χ2n) is 5.13. The Morgan fingerprint density at radius 1 is 1.38 bits per heavy atom. The Balaban J connectivity index is 2.53. The van der Waals surface area contributed by atoms with E-state index in [-0.39, 0.29) is 17.7 Å². The second-order valence-corrected chi connectivity index (χ2v) is 6.16. The van der Waals surface area contributed by atoms with E-state index >= 15 is 0 Å². The average Bonchev–Trinajstić information content (AvgIpc) is 2.97. The van der Waals surface area contributed by atoms with Crippen LogP contribution in [0.25, 0.3) is 17.7 Å². The van der Waals surface area contributed by atoms with Gasteiger partial charge in [0.25, 0.3) is 5.56 Å². The van der Waals surface area contributed by atoms with E-state index in [1.54, 1.807) is 19.1 Å². The van der Waals surface area contributed by atoms with Crippen molar-refractivity contribution in [2.24, 2.45) is 0 Å². The fourth-order valence-corrected chi connectivity index (χ4v) is 3.31. The van der Waals surface area contributed by atoms with Crippen LogP contribution in [0.4, 0.5) is 0 Å². The summed E-state index contributed by atoms with van der Waals surface area (Å²) in [5.74, 6) is -0.762. The summed E-state index contributed by atoms with van der Waals surface area (Å²) in [6.07, 6.45) is 6.75. The average molecular weight is 366 g/mol. The van der Waals surface area contributed by atoms with Crippen LogP contribution < -0.4 is 14.8 Å². The molecule has 0 bridgehead atoms. The molecule has 132 valence electrons. The molecule has 0 saturated heterocycles. The number of hydrogen-bond donors (Lipinski definition) is 0. The van der Waals surface area contributed by atoms with E-state index in [1.807, 2.05) is 42.5 Å². The van der Waals surface area contributed by atoms with E-state index < -0.39 is 5.97 Å². The third-order valence-corrected chi connectivity index (χ3v) is 4.57. The predicted molar refractivity (Wildman–Crippen MR) is 104 cm³/mol. The van der Waals surface area contributed by atoms with E-state index in [9.17, 15) is 14.9 Å². The zero-order valence-corrected chi connectivity index (χ0v) is 15.2. The van der Waals surface area contributed by atoms with Gasteiger partial charge in [-0.1, -0.05) is 55.1 Å². The minimum absolute atomic E-state index is 0.00451. The van der Waals surface area contributed by atoms with Crippen molar-refractivity contribution in [1.29, 1.82) is 5.26 Å². The third kappa shape index (κ3) is 4.47. The quantitative estimate of drug-likeness (QED) is 0.578. The fraction of sp³-hybridized carbons (Fsp3) is 0.150. The standard InChI is InChI=1S/C20H18N2O3S/c1-3-13-25-20(24)16(14-21)19-22(4-2)18(23)17(26-19)12-8-11-15-9-6-5-7-10-15/h3,5-12H,1,4,13H2,2H3/b11-8+,17-12-,19-16-. The first kappa shape index (κ1) is 19.2. The molecule has 0 amide bonds. The Hall–Kier alpha value is -3.17. The molecule has 5 nitrogen and oxygen atoms in total. The Kier molecular flexibility index (Phi) is 6.89. The molecule has 0 saturated carbocycles. The van der Waals surface area contributed by atoms with Crippen LogP contribution in [0.3, 0.4) is 0 Å². The Bertz CT molecular complexity index is 1040. The number of ether oxygens (including phenoxy) is 1. The van der Waals surface area contributed by atoms with Crippen molar-refractivity contribution < 1.29 is 9.53 Å². The van der Waals surface area contributed by atoms with Gasteiger partial charge < -0.3 is 4.74 Å². The lowest BCUT2D eigenvalue weighted by molar-refractivity contribution is -0.135. The van der Waals surface area contributed by atoms with Crippen LogP contribution >= 0.6 is 11.3 Å². The SMILES string of the molecule is C=CCOC(=O)/C(C#N)=c1\s/c(=C\C=C\c2ccccc2)c(=O)n1CC. The van der Waals surface area contributed by atoms with Gasteiger partial charge >= 0.3 is 5.97 Å². The maximum absolute atomic E-state index is 12.5. The van der Waals surface area contributed by atoms with E-state index in [1.165, 1.54) is 10.6 Å². The number of rotatable bonds is 6. The molecule has 0 N–H and O–H groups in total. The Morgan fingerprint density at radius 2 is 2.12 bits per heavy atom. The number of nitrogens with zero attached hydrogens (tertiary/aromatic N) is 2. The molecule has 0 fully saturated rings. The number of carbonyl (C=O) groups is 1. The highest BCUT2D eigenvalue weighted by Gasteiger charge is 2.16. The number of thiazole rings is 1. The van der Waals surface area contributed by atoms with Crippen LogP contribution in [-0.2, 0) is 16.1 Å². The minimum Gasteiger partial charge on any atom is -0.457 e. The van der Waals surface area contributed by atoms with Crippen LogP contribution in [0.15, 0.2) is 53.9 Å². The number of carbonyl (C=O) groups excluding carboxylic acids is 1. The molecule has 0 atom stereocenters. The lowest BCUT2D eigenvalue weighted by Crippen LogP contribution is -2.32. The number of allylic oxidation sites excluding steroid dienone is 1. The Labute approximate surface area is 155 Å². The van der Waals surface area contributed by atoms with Crippen LogP contribution in [0, 0.1) is 11.3 Å². The van der Waals surface area contributed by atoms with Crippen LogP contribution in [0.5, 0.6) is 0 Å². The molecule has 1 heterocycles. The second kappa shape index (κ2) is 9.35. The smallest absolute Gasteiger partial charge is 0.352 e. The highest BCUT2D eigenvalue weighted by Crippen LogP contribution is 2.01. The molecule has 2 aromatic rings. The lowest BCUT2D eigenvalue weighted by atomic mass is 10.2. The van der Waals surface area contributed by atoms with Crippen molar-refractivity contribution in [1.82, 2.24) is 4.57 Å². The van der Waals surface area contributed by atoms with Gasteiger partial charge in [-0.3, -0.25) is 9.36 Å². The van der Waals surface area contributed by atoms with Crippen molar-refractivity contribution in [3.05, 3.63) is 74.2 Å². The summed E-state index contributed by atoms with van der Waals surface area (Å²) < 4.78 is 7.08. The van der Waals surface area contributed by atoms with E-state index in [4.69, 9.17) is 4.74 Å². The van der Waals surface area contributed by atoms with Crippen LogP contribution in [0.1, 0.15) is 12.5 Å². The van der Waals surface area contributed by atoms with Crippen molar-refractivity contribution in [3.8, 4) is 6.07 Å². The molecular weight excluding hydrogens is 348 g/mol. The van der Waals surface area contributed by atoms with Gasteiger partial charge in [-0.05, 0) is 18.6 Å². The van der Waals surface area contributed by atoms with Crippen molar-refractivity contribution in [2.45, 2.75) is 13.5 Å². The van der Waals surface area contributed by atoms with Gasteiger partial charge in [0.1, 0.15) is 17.3 Å². The van der Waals surface area contributed by atoms with E-state index in [0.717, 1.165) is 16.9 Å². The molecule has 0 aliphatic carbocycles. The highest BCUT2D eigenvalue weighted by molar-refractivity contribution is 7.07. The first-order valence-corrected chi connectivity index (χ1v) is 8.79. The van der Waals surface area contributed by atoms with Crippen LogP contribution in [-0.4, -0.2) is 17.1 Å². The van der Waals surface area contributed by atoms with Gasteiger partial charge in [0.15, 0.2) is 5.57 Å². The summed E-state index contributed by atoms with van der Waals surface area (Å²) >= 11 is 1.10. The molecule has 0 aliphatic heterocycles. The molecule has 0 spiro atoms. The Morgan fingerprint density at radius 3 is 2.73 bits per heavy atom. The maximum Gasteiger partial charge on any atom is 0.352 e. The van der Waals surface area contributed by atoms with Crippen molar-refractivity contribution >= 4 is 35.0 Å². The number of hydrogen-bond acceptors (Lipinski definition) is 5. The summed E-state index contributed by atoms with van der Waals surface area (Å²) in [4.78, 5) is 24.6. The first-order valence-electron chi connectivity index (χ1n) is 7.97. The van der Waals surface area contributed by atoms with Gasteiger partial charge in [-0.2, -0.15) is 5.26 Å². The molecule has 2 rings (SSSR count). The van der Waals surface area contributed by atoms with Crippen molar-refractivity contribution in [2.75, 3.05) is 6.61 Å². The fourth-order valence-electron chi connectivity index (χ4n) is 2.20. The maximum atomic E-state index is 12.5. The summed E-state index contributed by atoms with van der Waals surface area (Å²) in [7, 11) is 0. The molecule has 26 heavy (non-hydrogen) atoms. The monoisotopic (exact) mass is 366 g/mol. The summed E-state index contributed by atoms with van der Waals surface area (Å²) in [5.41, 5.74) is 0.589. The van der Waals surface area contributed by atoms with Gasteiger partial charge in [-0.25, -0.2) is 4.79 Å². The van der Waals surface area contributed by atoms with Gasteiger partial charge in [0.05, 0.1) is 4.53 Å². The number of nitriles is 1. The minimum atomic E-state index is -0.762. The van der Waals surface area contributed by atoms with Gasteiger partial charge in [-0.15, -0.1) is 11.3 Å². The summed E-state index contributed by atoms with van der Waals surface area (Å²) in [6.45, 7) is 5.60. The van der Waals surface area contributed by atoms with Crippen LogP contribution in [0.2, 0.25) is 0 Å². The molecule has 1 aromatic heterocycles. The molecule has 6 heteroatoms. The van der Waals surface area contributed by atoms with Crippen molar-refractivity contribution in [3.63, 3.8) is 0 Å². The zero-order chi connectivity index (χ0) is 18.9. The zero-order valence-electron chi connectivity index (χ0n) is 14.3. The molecule has 1 aromatic carbocycles. The molecule has 0 radical (unpaired) electrons.